The Morgan fingerprint density at radius 1 is 1.25 bits per heavy atom. The number of aromatic nitrogens is 1. The quantitative estimate of drug-likeness (QED) is 0.831. The summed E-state index contributed by atoms with van der Waals surface area (Å²) in [5.41, 5.74) is 2.56. The molecule has 0 amide bonds. The Bertz CT molecular complexity index is 545. The number of nitrogens with zero attached hydrogens (tertiary/aromatic N) is 1. The highest BCUT2D eigenvalue weighted by Gasteiger charge is 2.07. The van der Waals surface area contributed by atoms with Gasteiger partial charge in [0.05, 0.1) is 6.10 Å². The zero-order chi connectivity index (χ0) is 14.5. The number of nitrogens with one attached hydrogen (secondary N) is 1. The fourth-order valence-electron chi connectivity index (χ4n) is 2.51. The van der Waals surface area contributed by atoms with Crippen LogP contribution in [0.1, 0.15) is 32.8 Å². The van der Waals surface area contributed by atoms with Crippen molar-refractivity contribution in [3.05, 3.63) is 30.0 Å². The molecule has 1 aromatic carbocycles. The minimum atomic E-state index is 0.213. The molecule has 110 valence electrons. The van der Waals surface area contributed by atoms with Crippen molar-refractivity contribution in [3.8, 4) is 5.75 Å². The monoisotopic (exact) mass is 274 g/mol. The van der Waals surface area contributed by atoms with Gasteiger partial charge in [0, 0.05) is 23.6 Å². The second-order valence-electron chi connectivity index (χ2n) is 5.74. The van der Waals surface area contributed by atoms with E-state index in [2.05, 4.69) is 56.0 Å². The highest BCUT2D eigenvalue weighted by molar-refractivity contribution is 5.84. The topological polar surface area (TPSA) is 28.3 Å². The van der Waals surface area contributed by atoms with Crippen molar-refractivity contribution >= 4 is 10.9 Å². The van der Waals surface area contributed by atoms with Gasteiger partial charge in [0.25, 0.3) is 0 Å². The third-order valence-electron chi connectivity index (χ3n) is 3.48. The van der Waals surface area contributed by atoms with Crippen molar-refractivity contribution in [2.45, 2.75) is 39.7 Å². The summed E-state index contributed by atoms with van der Waals surface area (Å²) in [5, 5.41) is 1.29. The fraction of sp³-hybridized carbons (Fsp3) is 0.529. The molecule has 0 fully saturated rings. The van der Waals surface area contributed by atoms with Crippen LogP contribution in [0.4, 0.5) is 0 Å². The predicted molar refractivity (Wildman–Crippen MR) is 85.6 cm³/mol. The smallest absolute Gasteiger partial charge is 0.120 e. The SMILES string of the molecule is CCCN(C)CCc1c[nH]c2ccc(OC(C)C)cc12. The number of ether oxygens (including phenoxy) is 1. The van der Waals surface area contributed by atoms with Crippen LogP contribution in [-0.2, 0) is 6.42 Å². The lowest BCUT2D eigenvalue weighted by molar-refractivity contribution is 0.243. The van der Waals surface area contributed by atoms with Gasteiger partial charge >= 0.3 is 0 Å². The first-order chi connectivity index (χ1) is 9.60. The summed E-state index contributed by atoms with van der Waals surface area (Å²) in [4.78, 5) is 5.73. The first kappa shape index (κ1) is 14.9. The van der Waals surface area contributed by atoms with Crippen LogP contribution in [0.5, 0.6) is 5.75 Å². The van der Waals surface area contributed by atoms with Crippen molar-refractivity contribution in [2.75, 3.05) is 20.1 Å². The van der Waals surface area contributed by atoms with Gasteiger partial charge in [-0.3, -0.25) is 0 Å². The summed E-state index contributed by atoms with van der Waals surface area (Å²) >= 11 is 0. The van der Waals surface area contributed by atoms with Crippen molar-refractivity contribution in [1.29, 1.82) is 0 Å². The summed E-state index contributed by atoms with van der Waals surface area (Å²) in [6.07, 6.45) is 4.62. The number of likely N-dealkylation sites (N-methyl/N-ethyl adjacent to an activating group) is 1. The van der Waals surface area contributed by atoms with Crippen LogP contribution in [-0.4, -0.2) is 36.1 Å². The molecule has 2 aromatic rings. The van der Waals surface area contributed by atoms with Crippen LogP contribution < -0.4 is 4.74 Å². The minimum absolute atomic E-state index is 0.213. The Morgan fingerprint density at radius 3 is 2.75 bits per heavy atom. The summed E-state index contributed by atoms with van der Waals surface area (Å²) in [6, 6.07) is 6.29. The number of aromatic amines is 1. The molecule has 0 aliphatic heterocycles. The molecule has 2 rings (SSSR count). The number of H-pyrrole nitrogens is 1. The number of fused-ring (bicyclic) bond motifs is 1. The van der Waals surface area contributed by atoms with Gasteiger partial charge in [0.2, 0.25) is 0 Å². The van der Waals surface area contributed by atoms with Gasteiger partial charge < -0.3 is 14.6 Å². The van der Waals surface area contributed by atoms with E-state index in [9.17, 15) is 0 Å². The molecule has 0 atom stereocenters. The lowest BCUT2D eigenvalue weighted by atomic mass is 10.1. The molecule has 0 bridgehead atoms. The second-order valence-corrected chi connectivity index (χ2v) is 5.74. The molecule has 0 saturated heterocycles. The first-order valence-electron chi connectivity index (χ1n) is 7.55. The van der Waals surface area contributed by atoms with Crippen molar-refractivity contribution in [1.82, 2.24) is 9.88 Å². The van der Waals surface area contributed by atoms with Crippen LogP contribution in [0.3, 0.4) is 0 Å². The maximum absolute atomic E-state index is 5.79. The molecule has 0 radical (unpaired) electrons. The zero-order valence-electron chi connectivity index (χ0n) is 13.1. The van der Waals surface area contributed by atoms with Crippen molar-refractivity contribution in [2.24, 2.45) is 0 Å². The number of hydrogen-bond donors (Lipinski definition) is 1. The standard InChI is InChI=1S/C17H26N2O/c1-5-9-19(4)10-8-14-12-18-17-7-6-15(11-16(14)17)20-13(2)3/h6-7,11-13,18H,5,8-10H2,1-4H3. The second kappa shape index (κ2) is 6.80. The summed E-state index contributed by atoms with van der Waals surface area (Å²) in [5.74, 6) is 0.954. The summed E-state index contributed by atoms with van der Waals surface area (Å²) < 4.78 is 5.79. The lowest BCUT2D eigenvalue weighted by Gasteiger charge is -2.15. The fourth-order valence-corrected chi connectivity index (χ4v) is 2.51. The van der Waals surface area contributed by atoms with Crippen LogP contribution in [0.25, 0.3) is 10.9 Å². The van der Waals surface area contributed by atoms with Gasteiger partial charge in [-0.1, -0.05) is 6.92 Å². The average molecular weight is 274 g/mol. The minimum Gasteiger partial charge on any atom is -0.491 e. The molecule has 20 heavy (non-hydrogen) atoms. The highest BCUT2D eigenvalue weighted by Crippen LogP contribution is 2.24. The number of benzene rings is 1. The molecule has 0 aliphatic carbocycles. The van der Waals surface area contributed by atoms with Gasteiger partial charge in [-0.15, -0.1) is 0 Å². The van der Waals surface area contributed by atoms with Crippen molar-refractivity contribution < 1.29 is 4.74 Å². The Hall–Kier alpha value is -1.48. The van der Waals surface area contributed by atoms with E-state index in [0.29, 0.717) is 0 Å². The van der Waals surface area contributed by atoms with E-state index in [-0.39, 0.29) is 6.10 Å². The Balaban J connectivity index is 2.12. The van der Waals surface area contributed by atoms with Gasteiger partial charge in [-0.05, 0) is 64.0 Å². The molecular formula is C17H26N2O. The zero-order valence-corrected chi connectivity index (χ0v) is 13.1. The van der Waals surface area contributed by atoms with Gasteiger partial charge in [0.1, 0.15) is 5.75 Å². The van der Waals surface area contributed by atoms with E-state index >= 15 is 0 Å². The van der Waals surface area contributed by atoms with Gasteiger partial charge in [0.15, 0.2) is 0 Å². The molecule has 3 nitrogen and oxygen atoms in total. The van der Waals surface area contributed by atoms with Crippen LogP contribution in [0.15, 0.2) is 24.4 Å². The van der Waals surface area contributed by atoms with E-state index in [1.54, 1.807) is 0 Å². The van der Waals surface area contributed by atoms with Gasteiger partial charge in [-0.2, -0.15) is 0 Å². The maximum Gasteiger partial charge on any atom is 0.120 e. The van der Waals surface area contributed by atoms with E-state index in [1.807, 2.05) is 6.07 Å². The summed E-state index contributed by atoms with van der Waals surface area (Å²) in [6.45, 7) is 8.59. The Labute approximate surface area is 121 Å². The van der Waals surface area contributed by atoms with Crippen LogP contribution >= 0.6 is 0 Å². The molecule has 0 aliphatic rings. The Kier molecular flexibility index (Phi) is 5.07. The number of hydrogen-bond acceptors (Lipinski definition) is 2. The van der Waals surface area contributed by atoms with Gasteiger partial charge in [-0.25, -0.2) is 0 Å². The molecule has 3 heteroatoms. The molecule has 1 aromatic heterocycles. The van der Waals surface area contributed by atoms with E-state index in [1.165, 1.54) is 22.9 Å². The Morgan fingerprint density at radius 2 is 2.05 bits per heavy atom. The maximum atomic E-state index is 5.79. The van der Waals surface area contributed by atoms with E-state index < -0.39 is 0 Å². The van der Waals surface area contributed by atoms with Crippen molar-refractivity contribution in [3.63, 3.8) is 0 Å². The predicted octanol–water partition coefficient (Wildman–Crippen LogP) is 3.84. The largest absolute Gasteiger partial charge is 0.491 e. The highest BCUT2D eigenvalue weighted by atomic mass is 16.5. The molecule has 0 spiro atoms. The average Bonchev–Trinajstić information content (AvgIpc) is 2.78. The number of rotatable bonds is 7. The van der Waals surface area contributed by atoms with Crippen LogP contribution in [0, 0.1) is 0 Å². The molecule has 0 saturated carbocycles. The lowest BCUT2D eigenvalue weighted by Crippen LogP contribution is -2.21. The normalized spacial score (nSPS) is 11.7. The molecule has 1 N–H and O–H groups in total. The first-order valence-corrected chi connectivity index (χ1v) is 7.55. The molecule has 1 heterocycles. The molecular weight excluding hydrogens is 248 g/mol. The van der Waals surface area contributed by atoms with E-state index in [0.717, 1.165) is 25.3 Å². The third-order valence-corrected chi connectivity index (χ3v) is 3.48. The van der Waals surface area contributed by atoms with E-state index in [4.69, 9.17) is 4.74 Å². The van der Waals surface area contributed by atoms with Crippen LogP contribution in [0.2, 0.25) is 0 Å². The molecule has 0 unspecified atom stereocenters. The summed E-state index contributed by atoms with van der Waals surface area (Å²) in [7, 11) is 2.19. The third kappa shape index (κ3) is 3.76.